The Morgan fingerprint density at radius 2 is 2.09 bits per heavy atom. The van der Waals surface area contributed by atoms with E-state index < -0.39 is 27.1 Å². The molecule has 1 atom stereocenters. The van der Waals surface area contributed by atoms with Crippen LogP contribution in [0.5, 0.6) is 0 Å². The maximum atomic E-state index is 12.4. The van der Waals surface area contributed by atoms with Crippen molar-refractivity contribution in [3.63, 3.8) is 0 Å². The molecule has 0 spiro atoms. The van der Waals surface area contributed by atoms with Gasteiger partial charge in [-0.2, -0.15) is 0 Å². The predicted molar refractivity (Wildman–Crippen MR) is 81.4 cm³/mol. The minimum Gasteiger partial charge on any atom is -0.444 e. The maximum absolute atomic E-state index is 12.4. The quantitative estimate of drug-likeness (QED) is 0.792. The number of aromatic nitrogens is 2. The highest BCUT2D eigenvalue weighted by Crippen LogP contribution is 2.38. The number of hydrogen-bond acceptors (Lipinski definition) is 7. The molecule has 8 nitrogen and oxygen atoms in total. The summed E-state index contributed by atoms with van der Waals surface area (Å²) >= 11 is 0. The van der Waals surface area contributed by atoms with Crippen molar-refractivity contribution in [3.8, 4) is 0 Å². The summed E-state index contributed by atoms with van der Waals surface area (Å²) in [5, 5.41) is 9.49. The molecular weight excluding hydrogens is 322 g/mol. The Bertz CT molecular complexity index is 741. The number of fused-ring (bicyclic) bond motifs is 1. The Balaban J connectivity index is 2.44. The second kappa shape index (κ2) is 5.41. The van der Waals surface area contributed by atoms with E-state index in [2.05, 4.69) is 9.97 Å². The third-order valence-corrected chi connectivity index (χ3v) is 4.44. The minimum absolute atomic E-state index is 0.0480. The van der Waals surface area contributed by atoms with Crippen LogP contribution >= 0.6 is 0 Å². The van der Waals surface area contributed by atoms with E-state index in [0.717, 1.165) is 6.26 Å². The lowest BCUT2D eigenvalue weighted by Crippen LogP contribution is -2.47. The van der Waals surface area contributed by atoms with Gasteiger partial charge in [0.25, 0.3) is 0 Å². The molecule has 0 aliphatic carbocycles. The van der Waals surface area contributed by atoms with E-state index in [9.17, 15) is 18.3 Å². The molecule has 2 rings (SSSR count). The Labute approximate surface area is 135 Å². The molecule has 1 aliphatic heterocycles. The number of nitrogens with zero attached hydrogens (tertiary/aromatic N) is 3. The van der Waals surface area contributed by atoms with E-state index in [1.165, 1.54) is 11.1 Å². The molecule has 0 saturated carbocycles. The highest BCUT2D eigenvalue weighted by atomic mass is 32.2. The second-order valence-corrected chi connectivity index (χ2v) is 8.69. The van der Waals surface area contributed by atoms with Gasteiger partial charge in [0.15, 0.2) is 0 Å². The number of amides is 1. The van der Waals surface area contributed by atoms with Gasteiger partial charge in [0.05, 0.1) is 24.4 Å². The Morgan fingerprint density at radius 3 is 2.57 bits per heavy atom. The smallest absolute Gasteiger partial charge is 0.411 e. The maximum Gasteiger partial charge on any atom is 0.411 e. The van der Waals surface area contributed by atoms with Gasteiger partial charge in [-0.3, -0.25) is 4.90 Å². The Morgan fingerprint density at radius 1 is 1.48 bits per heavy atom. The van der Waals surface area contributed by atoms with Gasteiger partial charge in [-0.25, -0.2) is 23.2 Å². The molecular formula is C14H21N3O5S. The van der Waals surface area contributed by atoms with Crippen LogP contribution in [0.4, 0.5) is 4.79 Å². The van der Waals surface area contributed by atoms with E-state index in [0.29, 0.717) is 11.3 Å². The zero-order valence-corrected chi connectivity index (χ0v) is 14.6. The summed E-state index contributed by atoms with van der Waals surface area (Å²) in [7, 11) is -3.55. The van der Waals surface area contributed by atoms with Crippen LogP contribution in [-0.2, 0) is 26.7 Å². The van der Waals surface area contributed by atoms with E-state index in [1.807, 2.05) is 0 Å². The SMILES string of the molecule is CC(C)(C)OC(=O)N1Cc2nc(S(C)(=O)=O)ncc2C1(C)CO. The molecule has 1 aliphatic rings. The van der Waals surface area contributed by atoms with Gasteiger partial charge in [0.1, 0.15) is 5.60 Å². The predicted octanol–water partition coefficient (Wildman–Crippen LogP) is 0.838. The highest BCUT2D eigenvalue weighted by Gasteiger charge is 2.46. The zero-order valence-electron chi connectivity index (χ0n) is 13.8. The van der Waals surface area contributed by atoms with Crippen molar-refractivity contribution in [2.75, 3.05) is 12.9 Å². The molecule has 0 bridgehead atoms. The van der Waals surface area contributed by atoms with Gasteiger partial charge in [-0.15, -0.1) is 0 Å². The lowest BCUT2D eigenvalue weighted by Gasteiger charge is -2.35. The minimum atomic E-state index is -3.55. The van der Waals surface area contributed by atoms with Crippen molar-refractivity contribution in [1.82, 2.24) is 14.9 Å². The van der Waals surface area contributed by atoms with E-state index >= 15 is 0 Å². The van der Waals surface area contributed by atoms with Crippen LogP contribution in [0.1, 0.15) is 39.0 Å². The fraction of sp³-hybridized carbons (Fsp3) is 0.643. The van der Waals surface area contributed by atoms with Gasteiger partial charge in [0.2, 0.25) is 15.0 Å². The molecule has 1 aromatic rings. The Kier molecular flexibility index (Phi) is 4.15. The van der Waals surface area contributed by atoms with Crippen LogP contribution in [0.25, 0.3) is 0 Å². The molecule has 9 heteroatoms. The van der Waals surface area contributed by atoms with Crippen molar-refractivity contribution in [2.24, 2.45) is 0 Å². The zero-order chi connectivity index (χ0) is 17.6. The summed E-state index contributed by atoms with van der Waals surface area (Å²) in [5.74, 6) is 0. The summed E-state index contributed by atoms with van der Waals surface area (Å²) in [4.78, 5) is 21.6. The normalized spacial score (nSPS) is 21.2. The van der Waals surface area contributed by atoms with Crippen molar-refractivity contribution >= 4 is 15.9 Å². The van der Waals surface area contributed by atoms with Gasteiger partial charge in [-0.1, -0.05) is 0 Å². The number of ether oxygens (including phenoxy) is 1. The second-order valence-electron chi connectivity index (χ2n) is 6.78. The van der Waals surface area contributed by atoms with E-state index in [-0.39, 0.29) is 18.3 Å². The lowest BCUT2D eigenvalue weighted by molar-refractivity contribution is -0.0113. The number of rotatable bonds is 2. The highest BCUT2D eigenvalue weighted by molar-refractivity contribution is 7.90. The van der Waals surface area contributed by atoms with E-state index in [1.54, 1.807) is 27.7 Å². The van der Waals surface area contributed by atoms with Crippen molar-refractivity contribution < 1.29 is 23.1 Å². The van der Waals surface area contributed by atoms with Crippen LogP contribution in [0, 0.1) is 0 Å². The molecule has 0 radical (unpaired) electrons. The number of carbonyl (C=O) groups is 1. The summed E-state index contributed by atoms with van der Waals surface area (Å²) in [6.45, 7) is 6.57. The molecule has 23 heavy (non-hydrogen) atoms. The lowest BCUT2D eigenvalue weighted by atomic mass is 9.96. The standard InChI is InChI=1S/C14H21N3O5S/c1-13(2,3)22-12(19)17-7-10-9(14(17,4)8-18)6-15-11(16-10)23(5,20)21/h6,18H,7-8H2,1-5H3. The van der Waals surface area contributed by atoms with Gasteiger partial charge in [0, 0.05) is 18.0 Å². The first-order valence-corrected chi connectivity index (χ1v) is 8.95. The third-order valence-electron chi connectivity index (χ3n) is 3.58. The molecule has 1 amide bonds. The molecule has 2 heterocycles. The number of aliphatic hydroxyl groups excluding tert-OH is 1. The average molecular weight is 343 g/mol. The van der Waals surface area contributed by atoms with E-state index in [4.69, 9.17) is 4.74 Å². The fourth-order valence-corrected chi connectivity index (χ4v) is 2.89. The summed E-state index contributed by atoms with van der Waals surface area (Å²) in [5.41, 5.74) is -0.847. The molecule has 0 fully saturated rings. The first kappa shape index (κ1) is 17.6. The monoisotopic (exact) mass is 343 g/mol. The number of carbonyl (C=O) groups excluding carboxylic acids is 1. The van der Waals surface area contributed by atoms with Gasteiger partial charge >= 0.3 is 6.09 Å². The van der Waals surface area contributed by atoms with Crippen LogP contribution in [0.15, 0.2) is 11.4 Å². The molecule has 1 N–H and O–H groups in total. The summed E-state index contributed by atoms with van der Waals surface area (Å²) in [6.07, 6.45) is 1.76. The van der Waals surface area contributed by atoms with Crippen molar-refractivity contribution in [1.29, 1.82) is 0 Å². The average Bonchev–Trinajstić information content (AvgIpc) is 2.70. The first-order valence-electron chi connectivity index (χ1n) is 7.06. The molecule has 128 valence electrons. The number of sulfone groups is 1. The van der Waals surface area contributed by atoms with Crippen molar-refractivity contribution in [3.05, 3.63) is 17.5 Å². The first-order chi connectivity index (χ1) is 10.4. The van der Waals surface area contributed by atoms with Gasteiger partial charge in [-0.05, 0) is 27.7 Å². The van der Waals surface area contributed by atoms with Crippen molar-refractivity contribution in [2.45, 2.75) is 50.5 Å². The molecule has 1 aromatic heterocycles. The number of hydrogen-bond donors (Lipinski definition) is 1. The fourth-order valence-electron chi connectivity index (χ4n) is 2.37. The summed E-state index contributed by atoms with van der Waals surface area (Å²) < 4.78 is 28.5. The third kappa shape index (κ3) is 3.30. The summed E-state index contributed by atoms with van der Waals surface area (Å²) in [6, 6.07) is 0. The molecule has 0 saturated heterocycles. The van der Waals surface area contributed by atoms with Crippen LogP contribution < -0.4 is 0 Å². The van der Waals surface area contributed by atoms with Crippen LogP contribution in [-0.4, -0.2) is 52.9 Å². The number of aliphatic hydroxyl groups is 1. The topological polar surface area (TPSA) is 110 Å². The Hall–Kier alpha value is -1.74. The largest absolute Gasteiger partial charge is 0.444 e. The van der Waals surface area contributed by atoms with Gasteiger partial charge < -0.3 is 9.84 Å². The molecule has 0 aromatic carbocycles. The van der Waals surface area contributed by atoms with Crippen LogP contribution in [0.2, 0.25) is 0 Å². The van der Waals surface area contributed by atoms with Crippen LogP contribution in [0.3, 0.4) is 0 Å². The molecule has 1 unspecified atom stereocenters.